The molecule has 1 unspecified atom stereocenters. The van der Waals surface area contributed by atoms with Crippen LogP contribution < -0.4 is 0 Å². The van der Waals surface area contributed by atoms with Gasteiger partial charge < -0.3 is 0 Å². The second kappa shape index (κ2) is 7.57. The number of nitriles is 2. The summed E-state index contributed by atoms with van der Waals surface area (Å²) in [6, 6.07) is 10.8. The lowest BCUT2D eigenvalue weighted by molar-refractivity contribution is -0.151. The van der Waals surface area contributed by atoms with Crippen LogP contribution in [-0.2, 0) is 12.7 Å². The van der Waals surface area contributed by atoms with Crippen molar-refractivity contribution in [1.29, 1.82) is 10.5 Å². The predicted molar refractivity (Wildman–Crippen MR) is 107 cm³/mol. The minimum absolute atomic E-state index is 0.00345. The van der Waals surface area contributed by atoms with Gasteiger partial charge in [-0.3, -0.25) is 4.90 Å². The Balaban J connectivity index is 1.88. The van der Waals surface area contributed by atoms with Gasteiger partial charge in [-0.1, -0.05) is 50.8 Å². The van der Waals surface area contributed by atoms with Crippen molar-refractivity contribution in [1.82, 2.24) is 4.90 Å². The Bertz CT molecular complexity index is 841. The molecule has 2 aliphatic carbocycles. The summed E-state index contributed by atoms with van der Waals surface area (Å²) < 4.78 is 41.2. The van der Waals surface area contributed by atoms with Crippen LogP contribution in [0.5, 0.6) is 0 Å². The SMILES string of the molecule is CC1[C@H]2CCCC[C@@]2(C#N)N(Cc2ccccc2C(F)(F)F)[C@@]2(C#N)CCCC[C@@H]12. The van der Waals surface area contributed by atoms with E-state index < -0.39 is 22.8 Å². The fourth-order valence-electron chi connectivity index (χ4n) is 6.85. The smallest absolute Gasteiger partial charge is 0.262 e. The highest BCUT2D eigenvalue weighted by Crippen LogP contribution is 2.58. The summed E-state index contributed by atoms with van der Waals surface area (Å²) in [7, 11) is 0. The van der Waals surface area contributed by atoms with E-state index in [9.17, 15) is 23.7 Å². The molecule has 1 heterocycles. The zero-order chi connectivity index (χ0) is 21.6. The Kier molecular flexibility index (Phi) is 5.35. The maximum absolute atomic E-state index is 13.7. The zero-order valence-corrected chi connectivity index (χ0v) is 17.4. The summed E-state index contributed by atoms with van der Waals surface area (Å²) in [5.41, 5.74) is -2.25. The van der Waals surface area contributed by atoms with Gasteiger partial charge in [0.15, 0.2) is 0 Å². The Morgan fingerprint density at radius 2 is 1.50 bits per heavy atom. The van der Waals surface area contributed by atoms with Crippen LogP contribution >= 0.6 is 0 Å². The Morgan fingerprint density at radius 3 is 2.00 bits per heavy atom. The summed E-state index contributed by atoms with van der Waals surface area (Å²) in [6.07, 6.45) is 2.44. The fourth-order valence-corrected chi connectivity index (χ4v) is 6.85. The summed E-state index contributed by atoms with van der Waals surface area (Å²) in [6.45, 7) is 2.17. The number of hydrogen-bond acceptors (Lipinski definition) is 3. The second-order valence-electron chi connectivity index (χ2n) is 9.38. The molecule has 1 aliphatic heterocycles. The third-order valence-corrected chi connectivity index (χ3v) is 8.14. The number of rotatable bonds is 2. The van der Waals surface area contributed by atoms with E-state index >= 15 is 0 Å². The molecule has 5 atom stereocenters. The first kappa shape index (κ1) is 21.2. The number of halogens is 3. The maximum Gasteiger partial charge on any atom is 0.416 e. The molecule has 6 heteroatoms. The minimum atomic E-state index is -4.46. The van der Waals surface area contributed by atoms with Crippen LogP contribution in [0.2, 0.25) is 0 Å². The van der Waals surface area contributed by atoms with E-state index in [0.717, 1.165) is 44.6 Å². The molecule has 160 valence electrons. The molecule has 3 nitrogen and oxygen atoms in total. The van der Waals surface area contributed by atoms with Crippen LogP contribution in [0.3, 0.4) is 0 Å². The van der Waals surface area contributed by atoms with Gasteiger partial charge in [0.1, 0.15) is 11.1 Å². The molecule has 1 aromatic carbocycles. The summed E-state index contributed by atoms with van der Waals surface area (Å²) >= 11 is 0. The molecule has 30 heavy (non-hydrogen) atoms. The molecule has 0 N–H and O–H groups in total. The van der Waals surface area contributed by atoms with Crippen molar-refractivity contribution in [2.24, 2.45) is 17.8 Å². The highest BCUT2D eigenvalue weighted by molar-refractivity contribution is 5.34. The van der Waals surface area contributed by atoms with Crippen molar-refractivity contribution >= 4 is 0 Å². The molecule has 0 amide bonds. The van der Waals surface area contributed by atoms with Crippen molar-refractivity contribution in [3.63, 3.8) is 0 Å². The molecule has 4 rings (SSSR count). The lowest BCUT2D eigenvalue weighted by Crippen LogP contribution is -2.72. The lowest BCUT2D eigenvalue weighted by atomic mass is 9.52. The Labute approximate surface area is 176 Å². The van der Waals surface area contributed by atoms with Crippen molar-refractivity contribution in [2.75, 3.05) is 0 Å². The largest absolute Gasteiger partial charge is 0.416 e. The van der Waals surface area contributed by atoms with Crippen LogP contribution in [-0.4, -0.2) is 16.0 Å². The van der Waals surface area contributed by atoms with E-state index in [0.29, 0.717) is 12.8 Å². The number of alkyl halides is 3. The topological polar surface area (TPSA) is 50.8 Å². The van der Waals surface area contributed by atoms with Crippen molar-refractivity contribution in [3.8, 4) is 12.1 Å². The first-order valence-corrected chi connectivity index (χ1v) is 11.1. The minimum Gasteiger partial charge on any atom is -0.262 e. The van der Waals surface area contributed by atoms with Gasteiger partial charge in [-0.05, 0) is 55.1 Å². The Morgan fingerprint density at radius 1 is 0.967 bits per heavy atom. The highest BCUT2D eigenvalue weighted by Gasteiger charge is 2.64. The van der Waals surface area contributed by atoms with Crippen molar-refractivity contribution in [2.45, 2.75) is 82.1 Å². The maximum atomic E-state index is 13.7. The number of benzene rings is 1. The quantitative estimate of drug-likeness (QED) is 0.590. The molecule has 2 saturated carbocycles. The second-order valence-corrected chi connectivity index (χ2v) is 9.38. The molecule has 1 saturated heterocycles. The molecule has 0 aromatic heterocycles. The molecule has 0 spiro atoms. The summed E-state index contributed by atoms with van der Waals surface area (Å²) in [4.78, 5) is 1.94. The average molecular weight is 416 g/mol. The summed E-state index contributed by atoms with van der Waals surface area (Å²) in [5.74, 6) is 0.414. The molecule has 1 aromatic rings. The van der Waals surface area contributed by atoms with Crippen LogP contribution in [0.15, 0.2) is 24.3 Å². The van der Waals surface area contributed by atoms with Gasteiger partial charge in [0.05, 0.1) is 17.7 Å². The van der Waals surface area contributed by atoms with E-state index in [1.54, 1.807) is 6.07 Å². The third-order valence-electron chi connectivity index (χ3n) is 8.14. The van der Waals surface area contributed by atoms with E-state index in [4.69, 9.17) is 0 Å². The average Bonchev–Trinajstić information content (AvgIpc) is 2.76. The van der Waals surface area contributed by atoms with Crippen LogP contribution in [0.1, 0.15) is 69.4 Å². The van der Waals surface area contributed by atoms with Gasteiger partial charge in [-0.2, -0.15) is 23.7 Å². The fraction of sp³-hybridized carbons (Fsp3) is 0.667. The number of piperidine rings is 1. The van der Waals surface area contributed by atoms with Crippen LogP contribution in [0.4, 0.5) is 13.2 Å². The normalized spacial score (nSPS) is 36.8. The first-order chi connectivity index (χ1) is 14.3. The Hall–Kier alpha value is -2.05. The molecule has 3 aliphatic rings. The van der Waals surface area contributed by atoms with Gasteiger partial charge in [0.25, 0.3) is 0 Å². The van der Waals surface area contributed by atoms with E-state index in [1.165, 1.54) is 12.1 Å². The molecule has 3 fully saturated rings. The lowest BCUT2D eigenvalue weighted by Gasteiger charge is -2.64. The van der Waals surface area contributed by atoms with Gasteiger partial charge in [-0.15, -0.1) is 0 Å². The monoisotopic (exact) mass is 415 g/mol. The molecule has 0 bridgehead atoms. The van der Waals surface area contributed by atoms with E-state index in [-0.39, 0.29) is 29.9 Å². The first-order valence-electron chi connectivity index (χ1n) is 11.1. The number of likely N-dealkylation sites (tertiary alicyclic amines) is 1. The predicted octanol–water partition coefficient (Wildman–Crippen LogP) is 6.06. The van der Waals surface area contributed by atoms with Gasteiger partial charge in [0, 0.05) is 6.54 Å². The van der Waals surface area contributed by atoms with E-state index in [2.05, 4.69) is 19.1 Å². The number of nitrogens with zero attached hydrogens (tertiary/aromatic N) is 3. The summed E-state index contributed by atoms with van der Waals surface area (Å²) in [5, 5.41) is 20.9. The standard InChI is InChI=1S/C24H28F3N3/c1-17-19-9-4-6-12-22(19,15-28)30(23(16-29)13-7-5-10-20(17)23)14-18-8-2-3-11-21(18)24(25,26)27/h2-3,8,11,17,19-20H,4-7,9-10,12-14H2,1H3/t17?,19-,20+,22+,23-. The van der Waals surface area contributed by atoms with Gasteiger partial charge >= 0.3 is 6.18 Å². The number of fused-ring (bicyclic) bond motifs is 2. The van der Waals surface area contributed by atoms with Gasteiger partial charge in [0.2, 0.25) is 0 Å². The van der Waals surface area contributed by atoms with E-state index in [1.807, 2.05) is 4.90 Å². The third kappa shape index (κ3) is 3.04. The van der Waals surface area contributed by atoms with Crippen molar-refractivity contribution < 1.29 is 13.2 Å². The molecule has 0 radical (unpaired) electrons. The highest BCUT2D eigenvalue weighted by atomic mass is 19.4. The molecular weight excluding hydrogens is 387 g/mol. The van der Waals surface area contributed by atoms with Gasteiger partial charge in [-0.25, -0.2) is 0 Å². The van der Waals surface area contributed by atoms with Crippen LogP contribution in [0, 0.1) is 40.4 Å². The van der Waals surface area contributed by atoms with Crippen LogP contribution in [0.25, 0.3) is 0 Å². The molecular formula is C24H28F3N3. The zero-order valence-electron chi connectivity index (χ0n) is 17.4. The number of hydrogen-bond donors (Lipinski definition) is 0. The van der Waals surface area contributed by atoms with Crippen molar-refractivity contribution in [3.05, 3.63) is 35.4 Å².